The molecule has 0 aliphatic carbocycles. The van der Waals surface area contributed by atoms with Gasteiger partial charge >= 0.3 is 0 Å². The molecule has 0 radical (unpaired) electrons. The third kappa shape index (κ3) is 1.90. The third-order valence-corrected chi connectivity index (χ3v) is 2.89. The van der Waals surface area contributed by atoms with Gasteiger partial charge in [0.25, 0.3) is 0 Å². The molecule has 0 amide bonds. The Bertz CT molecular complexity index is 443. The summed E-state index contributed by atoms with van der Waals surface area (Å²) in [4.78, 5) is 0. The van der Waals surface area contributed by atoms with Gasteiger partial charge in [-0.2, -0.15) is 0 Å². The van der Waals surface area contributed by atoms with Crippen LogP contribution in [0.1, 0.15) is 12.5 Å². The minimum atomic E-state index is 1.04. The van der Waals surface area contributed by atoms with Gasteiger partial charge in [0.05, 0.1) is 0 Å². The van der Waals surface area contributed by atoms with Crippen molar-refractivity contribution in [3.63, 3.8) is 0 Å². The highest BCUT2D eigenvalue weighted by atomic mass is 14.9. The van der Waals surface area contributed by atoms with E-state index in [4.69, 9.17) is 0 Å². The van der Waals surface area contributed by atoms with Gasteiger partial charge in [-0.1, -0.05) is 12.1 Å². The molecule has 2 nitrogen and oxygen atoms in total. The Morgan fingerprint density at radius 1 is 1.27 bits per heavy atom. The minimum absolute atomic E-state index is 1.04. The van der Waals surface area contributed by atoms with Crippen LogP contribution < -0.4 is 5.32 Å². The van der Waals surface area contributed by atoms with Crippen LogP contribution in [-0.4, -0.2) is 18.2 Å². The maximum absolute atomic E-state index is 3.19. The van der Waals surface area contributed by atoms with E-state index in [1.54, 1.807) is 0 Å². The van der Waals surface area contributed by atoms with Crippen molar-refractivity contribution in [3.05, 3.63) is 36.0 Å². The molecule has 80 valence electrons. The van der Waals surface area contributed by atoms with Crippen molar-refractivity contribution in [1.82, 2.24) is 9.88 Å². The molecule has 0 saturated carbocycles. The maximum Gasteiger partial charge on any atom is 0.0482 e. The molecule has 0 saturated heterocycles. The maximum atomic E-state index is 3.19. The van der Waals surface area contributed by atoms with Crippen LogP contribution in [0.15, 0.2) is 30.5 Å². The molecular formula is C13H18N2. The van der Waals surface area contributed by atoms with Crippen molar-refractivity contribution < 1.29 is 0 Å². The summed E-state index contributed by atoms with van der Waals surface area (Å²) in [6.07, 6.45) is 3.27. The van der Waals surface area contributed by atoms with E-state index >= 15 is 0 Å². The van der Waals surface area contributed by atoms with Crippen molar-refractivity contribution in [1.29, 1.82) is 0 Å². The lowest BCUT2D eigenvalue weighted by molar-refractivity contribution is 0.791. The highest BCUT2D eigenvalue weighted by molar-refractivity contribution is 5.83. The van der Waals surface area contributed by atoms with E-state index in [-0.39, 0.29) is 0 Å². The average Bonchev–Trinajstić information content (AvgIpc) is 2.69. The summed E-state index contributed by atoms with van der Waals surface area (Å²) >= 11 is 0. The number of benzene rings is 1. The van der Waals surface area contributed by atoms with Crippen molar-refractivity contribution >= 4 is 10.9 Å². The summed E-state index contributed by atoms with van der Waals surface area (Å²) in [6, 6.07) is 8.80. The lowest BCUT2D eigenvalue weighted by Crippen LogP contribution is -2.10. The van der Waals surface area contributed by atoms with E-state index in [1.165, 1.54) is 16.5 Å². The zero-order valence-corrected chi connectivity index (χ0v) is 9.46. The second-order valence-corrected chi connectivity index (χ2v) is 3.81. The Kier molecular flexibility index (Phi) is 3.07. The molecule has 0 atom stereocenters. The summed E-state index contributed by atoms with van der Waals surface area (Å²) in [5, 5.41) is 4.59. The number of likely N-dealkylation sites (N-methyl/N-ethyl adjacent to an activating group) is 1. The first kappa shape index (κ1) is 10.2. The quantitative estimate of drug-likeness (QED) is 0.805. The Morgan fingerprint density at radius 3 is 2.87 bits per heavy atom. The van der Waals surface area contributed by atoms with Gasteiger partial charge in [-0.15, -0.1) is 0 Å². The Morgan fingerprint density at radius 2 is 2.13 bits per heavy atom. The number of nitrogens with one attached hydrogen (secondary N) is 1. The molecule has 1 aromatic heterocycles. The predicted octanol–water partition coefficient (Wildman–Crippen LogP) is 2.42. The number of nitrogens with zero attached hydrogens (tertiary/aromatic N) is 1. The van der Waals surface area contributed by atoms with Crippen molar-refractivity contribution in [3.8, 4) is 0 Å². The van der Waals surface area contributed by atoms with E-state index in [0.29, 0.717) is 0 Å². The predicted molar refractivity (Wildman–Crippen MR) is 65.2 cm³/mol. The summed E-state index contributed by atoms with van der Waals surface area (Å²) in [5.74, 6) is 0. The molecule has 0 bridgehead atoms. The lowest BCUT2D eigenvalue weighted by Gasteiger charge is -2.05. The molecule has 0 aliphatic rings. The second-order valence-electron chi connectivity index (χ2n) is 3.81. The van der Waals surface area contributed by atoms with E-state index in [1.807, 2.05) is 7.05 Å². The molecule has 1 heterocycles. The molecule has 1 aromatic carbocycles. The van der Waals surface area contributed by atoms with Crippen molar-refractivity contribution in [2.75, 3.05) is 13.6 Å². The van der Waals surface area contributed by atoms with Gasteiger partial charge in [-0.05, 0) is 44.6 Å². The first-order valence-electron chi connectivity index (χ1n) is 5.58. The van der Waals surface area contributed by atoms with Crippen LogP contribution in [0.2, 0.25) is 0 Å². The minimum Gasteiger partial charge on any atom is -0.348 e. The molecule has 2 aromatic rings. The van der Waals surface area contributed by atoms with Gasteiger partial charge in [0.15, 0.2) is 0 Å². The van der Waals surface area contributed by atoms with Gasteiger partial charge in [-0.3, -0.25) is 0 Å². The molecule has 0 spiro atoms. The normalized spacial score (nSPS) is 11.1. The SMILES string of the molecule is CCn1ccc2c(CCNC)cccc21. The summed E-state index contributed by atoms with van der Waals surface area (Å²) in [7, 11) is 2.00. The van der Waals surface area contributed by atoms with Crippen LogP contribution in [0.5, 0.6) is 0 Å². The van der Waals surface area contributed by atoms with Gasteiger partial charge in [0.1, 0.15) is 0 Å². The topological polar surface area (TPSA) is 17.0 Å². The fourth-order valence-electron chi connectivity index (χ4n) is 2.04. The smallest absolute Gasteiger partial charge is 0.0482 e. The third-order valence-electron chi connectivity index (χ3n) is 2.89. The molecule has 0 aliphatic heterocycles. The highest BCUT2D eigenvalue weighted by Crippen LogP contribution is 2.20. The zero-order valence-electron chi connectivity index (χ0n) is 9.46. The molecule has 15 heavy (non-hydrogen) atoms. The molecule has 0 unspecified atom stereocenters. The van der Waals surface area contributed by atoms with Gasteiger partial charge < -0.3 is 9.88 Å². The molecule has 2 heteroatoms. The van der Waals surface area contributed by atoms with E-state index in [0.717, 1.165) is 19.5 Å². The fraction of sp³-hybridized carbons (Fsp3) is 0.385. The lowest BCUT2D eigenvalue weighted by atomic mass is 10.1. The van der Waals surface area contributed by atoms with Crippen LogP contribution in [-0.2, 0) is 13.0 Å². The number of hydrogen-bond acceptors (Lipinski definition) is 1. The number of hydrogen-bond donors (Lipinski definition) is 1. The molecule has 1 N–H and O–H groups in total. The van der Waals surface area contributed by atoms with Crippen LogP contribution in [0.25, 0.3) is 10.9 Å². The Hall–Kier alpha value is -1.28. The number of aromatic nitrogens is 1. The van der Waals surface area contributed by atoms with Gasteiger partial charge in [0, 0.05) is 23.6 Å². The molecular weight excluding hydrogens is 184 g/mol. The van der Waals surface area contributed by atoms with Gasteiger partial charge in [0.2, 0.25) is 0 Å². The van der Waals surface area contributed by atoms with Crippen molar-refractivity contribution in [2.24, 2.45) is 0 Å². The number of rotatable bonds is 4. The summed E-state index contributed by atoms with van der Waals surface area (Å²) < 4.78 is 2.29. The van der Waals surface area contributed by atoms with Crippen LogP contribution >= 0.6 is 0 Å². The fourth-order valence-corrected chi connectivity index (χ4v) is 2.04. The van der Waals surface area contributed by atoms with Gasteiger partial charge in [-0.25, -0.2) is 0 Å². The number of aryl methyl sites for hydroxylation is 1. The van der Waals surface area contributed by atoms with E-state index in [2.05, 4.69) is 47.3 Å². The van der Waals surface area contributed by atoms with Crippen molar-refractivity contribution in [2.45, 2.75) is 19.9 Å². The summed E-state index contributed by atoms with van der Waals surface area (Å²) in [5.41, 5.74) is 2.79. The molecule has 0 fully saturated rings. The van der Waals surface area contributed by atoms with Crippen LogP contribution in [0.4, 0.5) is 0 Å². The van der Waals surface area contributed by atoms with E-state index < -0.39 is 0 Å². The zero-order chi connectivity index (χ0) is 10.7. The second kappa shape index (κ2) is 4.49. The first-order valence-corrected chi connectivity index (χ1v) is 5.58. The number of fused-ring (bicyclic) bond motifs is 1. The standard InChI is InChI=1S/C13H18N2/c1-3-15-10-8-12-11(7-9-14-2)5-4-6-13(12)15/h4-6,8,10,14H,3,7,9H2,1-2H3. The summed E-state index contributed by atoms with van der Waals surface area (Å²) in [6.45, 7) is 4.26. The van der Waals surface area contributed by atoms with E-state index in [9.17, 15) is 0 Å². The highest BCUT2D eigenvalue weighted by Gasteiger charge is 2.03. The first-order chi connectivity index (χ1) is 7.36. The molecule has 2 rings (SSSR count). The average molecular weight is 202 g/mol. The monoisotopic (exact) mass is 202 g/mol. The Balaban J connectivity index is 2.42. The van der Waals surface area contributed by atoms with Crippen LogP contribution in [0.3, 0.4) is 0 Å². The van der Waals surface area contributed by atoms with Crippen LogP contribution in [0, 0.1) is 0 Å². The Labute approximate surface area is 90.9 Å². The largest absolute Gasteiger partial charge is 0.348 e.